The molecule has 2 rings (SSSR count). The smallest absolute Gasteiger partial charge is 0.246 e. The first kappa shape index (κ1) is 15.5. The van der Waals surface area contributed by atoms with Crippen LogP contribution < -0.4 is 5.73 Å². The lowest BCUT2D eigenvalue weighted by Gasteiger charge is -2.38. The molecule has 0 bridgehead atoms. The zero-order valence-electron chi connectivity index (χ0n) is 12.2. The minimum atomic E-state index is -3.50. The van der Waals surface area contributed by atoms with E-state index in [-0.39, 0.29) is 16.9 Å². The first-order chi connectivity index (χ1) is 9.52. The molecule has 1 fully saturated rings. The molecule has 2 atom stereocenters. The minimum Gasteiger partial charge on any atom is -0.330 e. The van der Waals surface area contributed by atoms with Crippen molar-refractivity contribution in [1.82, 2.24) is 14.5 Å². The molecule has 3 N–H and O–H groups in total. The molecule has 0 aromatic carbocycles. The number of nitrogens with two attached hydrogens (primary N) is 1. The van der Waals surface area contributed by atoms with Crippen molar-refractivity contribution in [1.29, 1.82) is 0 Å². The van der Waals surface area contributed by atoms with Crippen LogP contribution >= 0.6 is 0 Å². The van der Waals surface area contributed by atoms with Crippen molar-refractivity contribution in [2.45, 2.75) is 50.5 Å². The van der Waals surface area contributed by atoms with Crippen LogP contribution in [0.2, 0.25) is 0 Å². The van der Waals surface area contributed by atoms with Crippen molar-refractivity contribution in [3.63, 3.8) is 0 Å². The highest BCUT2D eigenvalue weighted by molar-refractivity contribution is 7.89. The van der Waals surface area contributed by atoms with Crippen molar-refractivity contribution >= 4 is 10.0 Å². The Morgan fingerprint density at radius 2 is 2.15 bits per heavy atom. The molecule has 0 radical (unpaired) electrons. The van der Waals surface area contributed by atoms with Gasteiger partial charge in [-0.05, 0) is 32.2 Å². The molecule has 1 aliphatic carbocycles. The van der Waals surface area contributed by atoms with E-state index < -0.39 is 10.0 Å². The van der Waals surface area contributed by atoms with Gasteiger partial charge in [0.15, 0.2) is 0 Å². The molecule has 0 amide bonds. The Labute approximate surface area is 120 Å². The van der Waals surface area contributed by atoms with E-state index in [1.165, 1.54) is 6.20 Å². The average molecular weight is 300 g/mol. The Kier molecular flexibility index (Phi) is 4.82. The number of sulfonamides is 1. The largest absolute Gasteiger partial charge is 0.330 e. The second kappa shape index (κ2) is 6.24. The Bertz CT molecular complexity index is 540. The van der Waals surface area contributed by atoms with Crippen LogP contribution in [-0.4, -0.2) is 42.1 Å². The van der Waals surface area contributed by atoms with Crippen LogP contribution in [0.15, 0.2) is 11.1 Å². The molecule has 0 saturated heterocycles. The summed E-state index contributed by atoms with van der Waals surface area (Å²) in [6, 6.07) is 0.0121. The number of hydrogen-bond acceptors (Lipinski definition) is 4. The van der Waals surface area contributed by atoms with Gasteiger partial charge in [-0.25, -0.2) is 8.42 Å². The minimum absolute atomic E-state index is 0.0121. The third-order valence-electron chi connectivity index (χ3n) is 4.22. The van der Waals surface area contributed by atoms with E-state index in [0.717, 1.165) is 25.7 Å². The predicted molar refractivity (Wildman–Crippen MR) is 77.7 cm³/mol. The van der Waals surface area contributed by atoms with Crippen LogP contribution in [0.1, 0.15) is 38.3 Å². The van der Waals surface area contributed by atoms with Gasteiger partial charge in [0.25, 0.3) is 0 Å². The second-order valence-electron chi connectivity index (χ2n) is 5.42. The fourth-order valence-electron chi connectivity index (χ4n) is 3.15. The quantitative estimate of drug-likeness (QED) is 0.856. The first-order valence-corrected chi connectivity index (χ1v) is 8.68. The van der Waals surface area contributed by atoms with E-state index in [4.69, 9.17) is 5.73 Å². The molecule has 1 aliphatic rings. The molecule has 1 aromatic rings. The van der Waals surface area contributed by atoms with Gasteiger partial charge in [0.05, 0.1) is 11.9 Å². The summed E-state index contributed by atoms with van der Waals surface area (Å²) in [7, 11) is -3.50. The second-order valence-corrected chi connectivity index (χ2v) is 7.27. The lowest BCUT2D eigenvalue weighted by molar-refractivity contribution is 0.187. The summed E-state index contributed by atoms with van der Waals surface area (Å²) in [5.74, 6) is 0.255. The number of aryl methyl sites for hydroxylation is 1. The van der Waals surface area contributed by atoms with Gasteiger partial charge in [-0.2, -0.15) is 9.40 Å². The van der Waals surface area contributed by atoms with Crippen LogP contribution in [0.5, 0.6) is 0 Å². The lowest BCUT2D eigenvalue weighted by atomic mass is 9.84. The fraction of sp³-hybridized carbons (Fsp3) is 0.769. The molecule has 0 aliphatic heterocycles. The maximum absolute atomic E-state index is 12.8. The predicted octanol–water partition coefficient (Wildman–Crippen LogP) is 1.25. The summed E-state index contributed by atoms with van der Waals surface area (Å²) in [6.45, 7) is 4.62. The molecule has 7 heteroatoms. The molecule has 2 unspecified atom stereocenters. The highest BCUT2D eigenvalue weighted by Crippen LogP contribution is 2.31. The van der Waals surface area contributed by atoms with Gasteiger partial charge in [-0.3, -0.25) is 5.10 Å². The van der Waals surface area contributed by atoms with E-state index in [1.54, 1.807) is 11.2 Å². The monoisotopic (exact) mass is 300 g/mol. The normalized spacial score (nSPS) is 24.2. The maximum Gasteiger partial charge on any atom is 0.246 e. The molecule has 1 saturated carbocycles. The van der Waals surface area contributed by atoms with Crippen molar-refractivity contribution in [3.8, 4) is 0 Å². The number of hydrogen-bond donors (Lipinski definition) is 2. The van der Waals surface area contributed by atoms with Crippen molar-refractivity contribution < 1.29 is 8.42 Å². The average Bonchev–Trinajstić information content (AvgIpc) is 2.87. The molecular weight excluding hydrogens is 276 g/mol. The maximum atomic E-state index is 12.8. The first-order valence-electron chi connectivity index (χ1n) is 7.24. The summed E-state index contributed by atoms with van der Waals surface area (Å²) in [6.07, 6.45) is 5.51. The van der Waals surface area contributed by atoms with E-state index in [0.29, 0.717) is 18.8 Å². The molecule has 6 nitrogen and oxygen atoms in total. The number of nitrogens with one attached hydrogen (secondary N) is 1. The number of aromatic amines is 1. The zero-order valence-corrected chi connectivity index (χ0v) is 13.0. The van der Waals surface area contributed by atoms with Crippen LogP contribution in [0.25, 0.3) is 0 Å². The number of nitrogens with zero attached hydrogens (tertiary/aromatic N) is 2. The summed E-state index contributed by atoms with van der Waals surface area (Å²) in [4.78, 5) is 0.278. The van der Waals surface area contributed by atoms with Crippen molar-refractivity contribution in [2.24, 2.45) is 11.7 Å². The van der Waals surface area contributed by atoms with Crippen molar-refractivity contribution in [2.75, 3.05) is 13.1 Å². The number of aromatic nitrogens is 2. The van der Waals surface area contributed by atoms with Gasteiger partial charge in [-0.1, -0.05) is 19.8 Å². The van der Waals surface area contributed by atoms with Gasteiger partial charge >= 0.3 is 0 Å². The Morgan fingerprint density at radius 1 is 1.45 bits per heavy atom. The zero-order chi connectivity index (χ0) is 14.8. The molecular formula is C13H24N4O2S. The molecule has 0 spiro atoms. The third kappa shape index (κ3) is 2.75. The van der Waals surface area contributed by atoms with Gasteiger partial charge in [0, 0.05) is 12.6 Å². The van der Waals surface area contributed by atoms with E-state index in [1.807, 2.05) is 6.92 Å². The Morgan fingerprint density at radius 3 is 2.70 bits per heavy atom. The standard InChI is InChI=1S/C13H24N4O2S/c1-3-17(12-7-5-4-6-11(12)8-14)20(18,19)13-9-15-16-10(13)2/h9,11-12H,3-8,14H2,1-2H3,(H,15,16). The van der Waals surface area contributed by atoms with Crippen LogP contribution in [0.4, 0.5) is 0 Å². The van der Waals surface area contributed by atoms with Crippen LogP contribution in [0, 0.1) is 12.8 Å². The van der Waals surface area contributed by atoms with Gasteiger partial charge < -0.3 is 5.73 Å². The highest BCUT2D eigenvalue weighted by atomic mass is 32.2. The number of H-pyrrole nitrogens is 1. The summed E-state index contributed by atoms with van der Waals surface area (Å²) >= 11 is 0. The van der Waals surface area contributed by atoms with Crippen LogP contribution in [-0.2, 0) is 10.0 Å². The van der Waals surface area contributed by atoms with E-state index in [2.05, 4.69) is 10.2 Å². The summed E-state index contributed by atoms with van der Waals surface area (Å²) in [5.41, 5.74) is 6.42. The molecule has 1 heterocycles. The topological polar surface area (TPSA) is 92.1 Å². The summed E-state index contributed by atoms with van der Waals surface area (Å²) in [5, 5.41) is 6.53. The molecule has 1 aromatic heterocycles. The third-order valence-corrected chi connectivity index (χ3v) is 6.34. The summed E-state index contributed by atoms with van der Waals surface area (Å²) < 4.78 is 27.3. The lowest BCUT2D eigenvalue weighted by Crippen LogP contribution is -2.47. The van der Waals surface area contributed by atoms with Gasteiger partial charge in [0.1, 0.15) is 4.90 Å². The van der Waals surface area contributed by atoms with Gasteiger partial charge in [0.2, 0.25) is 10.0 Å². The van der Waals surface area contributed by atoms with Crippen molar-refractivity contribution in [3.05, 3.63) is 11.9 Å². The van der Waals surface area contributed by atoms with Gasteiger partial charge in [-0.15, -0.1) is 0 Å². The number of rotatable bonds is 5. The Balaban J connectivity index is 2.34. The van der Waals surface area contributed by atoms with E-state index >= 15 is 0 Å². The SMILES string of the molecule is CCN(C1CCCCC1CN)S(=O)(=O)c1cn[nH]c1C. The Hall–Kier alpha value is -0.920. The van der Waals surface area contributed by atoms with E-state index in [9.17, 15) is 8.42 Å². The van der Waals surface area contributed by atoms with Crippen LogP contribution in [0.3, 0.4) is 0 Å². The molecule has 114 valence electrons. The highest BCUT2D eigenvalue weighted by Gasteiger charge is 2.37. The fourth-order valence-corrected chi connectivity index (χ4v) is 5.00. The molecule has 20 heavy (non-hydrogen) atoms.